The Morgan fingerprint density at radius 3 is 2.93 bits per heavy atom. The van der Waals surface area contributed by atoms with E-state index in [1.165, 1.54) is 31.3 Å². The summed E-state index contributed by atoms with van der Waals surface area (Å²) in [6, 6.07) is 0. The van der Waals surface area contributed by atoms with Crippen molar-refractivity contribution in [3.8, 4) is 0 Å². The van der Waals surface area contributed by atoms with Crippen molar-refractivity contribution in [1.82, 2.24) is 0 Å². The number of carbonyl (C=O) groups is 1. The molecule has 0 atom stereocenters. The highest BCUT2D eigenvalue weighted by Gasteiger charge is 2.01. The van der Waals surface area contributed by atoms with E-state index < -0.39 is 0 Å². The molecule has 0 N–H and O–H groups in total. The van der Waals surface area contributed by atoms with Crippen molar-refractivity contribution in [2.75, 3.05) is 13.7 Å². The third-order valence-corrected chi connectivity index (χ3v) is 2.66. The summed E-state index contributed by atoms with van der Waals surface area (Å²) in [6.07, 6.45) is 12.5. The van der Waals surface area contributed by atoms with Crippen molar-refractivity contribution < 1.29 is 9.53 Å². The van der Waals surface area contributed by atoms with E-state index in [0.29, 0.717) is 6.61 Å². The number of hydrogen-bond donors (Lipinski definition) is 0. The number of allylic oxidation sites excluding steroid dienone is 3. The summed E-state index contributed by atoms with van der Waals surface area (Å²) in [5.74, 6) is 0. The largest absolute Gasteiger partial charge is 0.380 e. The zero-order valence-electron chi connectivity index (χ0n) is 9.50. The molecule has 0 aromatic heterocycles. The number of hydrogen-bond acceptors (Lipinski definition) is 2. The third kappa shape index (κ3) is 4.93. The van der Waals surface area contributed by atoms with Crippen LogP contribution >= 0.6 is 0 Å². The zero-order chi connectivity index (χ0) is 10.9. The lowest BCUT2D eigenvalue weighted by atomic mass is 9.98. The average Bonchev–Trinajstić information content (AvgIpc) is 2.20. The van der Waals surface area contributed by atoms with Gasteiger partial charge < -0.3 is 4.74 Å². The van der Waals surface area contributed by atoms with Crippen LogP contribution in [0.25, 0.3) is 0 Å². The van der Waals surface area contributed by atoms with Gasteiger partial charge in [0.25, 0.3) is 0 Å². The molecule has 2 heteroatoms. The van der Waals surface area contributed by atoms with E-state index in [0.717, 1.165) is 24.7 Å². The second kappa shape index (κ2) is 7.41. The first-order valence-corrected chi connectivity index (χ1v) is 5.70. The number of rotatable bonds is 4. The summed E-state index contributed by atoms with van der Waals surface area (Å²) < 4.78 is 4.97. The summed E-state index contributed by atoms with van der Waals surface area (Å²) in [7, 11) is 1.61. The molecule has 1 aliphatic rings. The number of ether oxygens (including phenoxy) is 1. The predicted octanol–water partition coefficient (Wildman–Crippen LogP) is 3.04. The molecule has 0 saturated heterocycles. The minimum Gasteiger partial charge on any atom is -0.380 e. The molecule has 0 aromatic rings. The molecule has 84 valence electrons. The highest BCUT2D eigenvalue weighted by Crippen LogP contribution is 2.18. The van der Waals surface area contributed by atoms with Crippen LogP contribution < -0.4 is 0 Å². The van der Waals surface area contributed by atoms with Crippen LogP contribution in [-0.2, 0) is 9.53 Å². The van der Waals surface area contributed by atoms with Crippen LogP contribution in [0, 0.1) is 0 Å². The van der Waals surface area contributed by atoms with Crippen LogP contribution in [-0.4, -0.2) is 20.0 Å². The Hall–Kier alpha value is -0.890. The first-order valence-electron chi connectivity index (χ1n) is 5.70. The van der Waals surface area contributed by atoms with Crippen molar-refractivity contribution in [1.29, 1.82) is 0 Å². The fraction of sp³-hybridized carbons (Fsp3) is 0.615. The van der Waals surface area contributed by atoms with Gasteiger partial charge in [0.05, 0.1) is 6.61 Å². The van der Waals surface area contributed by atoms with E-state index >= 15 is 0 Å². The lowest BCUT2D eigenvalue weighted by molar-refractivity contribution is -0.105. The Balaban J connectivity index is 2.62. The molecular formula is C13H20O2. The van der Waals surface area contributed by atoms with Crippen molar-refractivity contribution >= 4 is 6.29 Å². The second-order valence-electron chi connectivity index (χ2n) is 4.00. The summed E-state index contributed by atoms with van der Waals surface area (Å²) in [5, 5.41) is 0. The van der Waals surface area contributed by atoms with Gasteiger partial charge in [-0.2, -0.15) is 0 Å². The summed E-state index contributed by atoms with van der Waals surface area (Å²) >= 11 is 0. The minimum atomic E-state index is 0.417. The second-order valence-corrected chi connectivity index (χ2v) is 4.00. The van der Waals surface area contributed by atoms with Gasteiger partial charge in [-0.25, -0.2) is 0 Å². The number of methoxy groups -OCH3 is 1. The molecule has 0 saturated carbocycles. The third-order valence-electron chi connectivity index (χ3n) is 2.66. The summed E-state index contributed by atoms with van der Waals surface area (Å²) in [5.41, 5.74) is 2.04. The van der Waals surface area contributed by atoms with Crippen molar-refractivity contribution in [2.45, 2.75) is 38.5 Å². The Kier molecular flexibility index (Phi) is 6.02. The van der Waals surface area contributed by atoms with Gasteiger partial charge in [-0.3, -0.25) is 4.79 Å². The molecule has 0 bridgehead atoms. The minimum absolute atomic E-state index is 0.417. The molecule has 0 radical (unpaired) electrons. The molecule has 1 aliphatic carbocycles. The SMILES string of the molecule is COC/C(C=O)=C\C1=C\CCCCCC1. The first-order chi connectivity index (χ1) is 7.36. The molecule has 0 aromatic carbocycles. The topological polar surface area (TPSA) is 26.3 Å². The van der Waals surface area contributed by atoms with Gasteiger partial charge >= 0.3 is 0 Å². The van der Waals surface area contributed by atoms with Crippen LogP contribution in [0.4, 0.5) is 0 Å². The van der Waals surface area contributed by atoms with Gasteiger partial charge in [0.2, 0.25) is 0 Å². The van der Waals surface area contributed by atoms with Gasteiger partial charge in [0.1, 0.15) is 6.29 Å². The Morgan fingerprint density at radius 1 is 1.40 bits per heavy atom. The number of aldehydes is 1. The molecule has 0 spiro atoms. The molecule has 0 amide bonds. The summed E-state index contributed by atoms with van der Waals surface area (Å²) in [6.45, 7) is 0.417. The monoisotopic (exact) mass is 208 g/mol. The molecule has 0 heterocycles. The van der Waals surface area contributed by atoms with Gasteiger partial charge in [-0.1, -0.05) is 30.6 Å². The maximum absolute atomic E-state index is 10.7. The highest BCUT2D eigenvalue weighted by atomic mass is 16.5. The molecule has 15 heavy (non-hydrogen) atoms. The van der Waals surface area contributed by atoms with Gasteiger partial charge in [-0.15, -0.1) is 0 Å². The maximum Gasteiger partial charge on any atom is 0.148 e. The van der Waals surface area contributed by atoms with E-state index in [1.54, 1.807) is 7.11 Å². The van der Waals surface area contributed by atoms with E-state index in [1.807, 2.05) is 6.08 Å². The highest BCUT2D eigenvalue weighted by molar-refractivity contribution is 5.74. The average molecular weight is 208 g/mol. The van der Waals surface area contributed by atoms with Crippen molar-refractivity contribution in [3.63, 3.8) is 0 Å². The standard InChI is InChI=1S/C13H20O2/c1-15-11-13(10-14)9-12-7-5-3-2-4-6-8-12/h7,9-10H,2-6,8,11H2,1H3/b12-7+,13-9-. The van der Waals surface area contributed by atoms with Gasteiger partial charge in [0, 0.05) is 12.7 Å². The zero-order valence-corrected chi connectivity index (χ0v) is 9.50. The van der Waals surface area contributed by atoms with Crippen LogP contribution in [0.15, 0.2) is 23.3 Å². The van der Waals surface area contributed by atoms with Crippen LogP contribution in [0.3, 0.4) is 0 Å². The fourth-order valence-corrected chi connectivity index (χ4v) is 1.86. The van der Waals surface area contributed by atoms with Crippen LogP contribution in [0.2, 0.25) is 0 Å². The van der Waals surface area contributed by atoms with E-state index in [4.69, 9.17) is 4.74 Å². The lowest BCUT2D eigenvalue weighted by Gasteiger charge is -2.08. The molecule has 2 nitrogen and oxygen atoms in total. The molecule has 1 rings (SSSR count). The Labute approximate surface area is 92.0 Å². The Bertz CT molecular complexity index is 251. The molecular weight excluding hydrogens is 188 g/mol. The quantitative estimate of drug-likeness (QED) is 0.524. The van der Waals surface area contributed by atoms with Crippen molar-refractivity contribution in [3.05, 3.63) is 23.3 Å². The maximum atomic E-state index is 10.7. The van der Waals surface area contributed by atoms with E-state index in [9.17, 15) is 4.79 Å². The van der Waals surface area contributed by atoms with E-state index in [-0.39, 0.29) is 0 Å². The van der Waals surface area contributed by atoms with Crippen LogP contribution in [0.1, 0.15) is 38.5 Å². The normalized spacial score (nSPS) is 22.5. The fourth-order valence-electron chi connectivity index (χ4n) is 1.86. The summed E-state index contributed by atoms with van der Waals surface area (Å²) in [4.78, 5) is 10.7. The Morgan fingerprint density at radius 2 is 2.20 bits per heavy atom. The molecule has 0 unspecified atom stereocenters. The lowest BCUT2D eigenvalue weighted by Crippen LogP contribution is -1.97. The molecule has 0 fully saturated rings. The van der Waals surface area contributed by atoms with Gasteiger partial charge in [-0.05, 0) is 25.7 Å². The predicted molar refractivity (Wildman–Crippen MR) is 61.8 cm³/mol. The van der Waals surface area contributed by atoms with Crippen LogP contribution in [0.5, 0.6) is 0 Å². The van der Waals surface area contributed by atoms with Gasteiger partial charge in [0.15, 0.2) is 0 Å². The van der Waals surface area contributed by atoms with Crippen molar-refractivity contribution in [2.24, 2.45) is 0 Å². The van der Waals surface area contributed by atoms with E-state index in [2.05, 4.69) is 6.08 Å². The molecule has 0 aliphatic heterocycles. The smallest absolute Gasteiger partial charge is 0.148 e. The first kappa shape index (κ1) is 12.2. The number of carbonyl (C=O) groups excluding carboxylic acids is 1.